The van der Waals surface area contributed by atoms with Gasteiger partial charge in [0.15, 0.2) is 5.43 Å². The van der Waals surface area contributed by atoms with Gasteiger partial charge in [0.05, 0.1) is 5.52 Å². The van der Waals surface area contributed by atoms with Crippen LogP contribution in [0, 0.1) is 0 Å². The number of thioether (sulfide) groups is 1. The first-order valence-electron chi connectivity index (χ1n) is 4.33. The van der Waals surface area contributed by atoms with Crippen molar-refractivity contribution in [3.05, 3.63) is 40.7 Å². The Bertz CT molecular complexity index is 576. The molecular formula is C10H6F3NOS. The van der Waals surface area contributed by atoms with E-state index in [9.17, 15) is 18.0 Å². The first-order valence-corrected chi connectivity index (χ1v) is 5.14. The van der Waals surface area contributed by atoms with Gasteiger partial charge in [-0.05, 0) is 30.0 Å². The van der Waals surface area contributed by atoms with Gasteiger partial charge in [-0.1, -0.05) is 0 Å². The molecule has 16 heavy (non-hydrogen) atoms. The predicted octanol–water partition coefficient (Wildman–Crippen LogP) is 3.14. The van der Waals surface area contributed by atoms with Crippen LogP contribution in [0.1, 0.15) is 0 Å². The van der Waals surface area contributed by atoms with E-state index in [0.29, 0.717) is 10.9 Å². The maximum atomic E-state index is 12.1. The van der Waals surface area contributed by atoms with Gasteiger partial charge < -0.3 is 4.98 Å². The molecule has 0 radical (unpaired) electrons. The summed E-state index contributed by atoms with van der Waals surface area (Å²) >= 11 is -0.201. The molecule has 0 spiro atoms. The highest BCUT2D eigenvalue weighted by molar-refractivity contribution is 8.00. The Hall–Kier alpha value is -1.43. The third-order valence-corrected chi connectivity index (χ3v) is 2.68. The maximum absolute atomic E-state index is 12.1. The summed E-state index contributed by atoms with van der Waals surface area (Å²) in [4.78, 5) is 14.1. The van der Waals surface area contributed by atoms with Crippen LogP contribution in [-0.2, 0) is 0 Å². The molecule has 84 valence electrons. The number of alkyl halides is 3. The summed E-state index contributed by atoms with van der Waals surface area (Å²) in [5, 5.41) is 0.383. The minimum atomic E-state index is -4.32. The molecule has 1 N–H and O–H groups in total. The number of aromatic nitrogens is 1. The molecule has 0 amide bonds. The molecule has 0 aliphatic rings. The van der Waals surface area contributed by atoms with Crippen molar-refractivity contribution in [1.29, 1.82) is 0 Å². The van der Waals surface area contributed by atoms with Gasteiger partial charge in [-0.15, -0.1) is 0 Å². The van der Waals surface area contributed by atoms with Crippen molar-refractivity contribution in [3.8, 4) is 0 Å². The normalized spacial score (nSPS) is 11.9. The van der Waals surface area contributed by atoms with Crippen LogP contribution in [0.5, 0.6) is 0 Å². The predicted molar refractivity (Wildman–Crippen MR) is 56.5 cm³/mol. The minimum Gasteiger partial charge on any atom is -0.361 e. The highest BCUT2D eigenvalue weighted by atomic mass is 32.2. The number of halogens is 3. The number of pyridine rings is 1. The van der Waals surface area contributed by atoms with Crippen LogP contribution in [0.2, 0.25) is 0 Å². The molecule has 1 heterocycles. The summed E-state index contributed by atoms with van der Waals surface area (Å²) in [6.07, 6.45) is 1.41. The van der Waals surface area contributed by atoms with E-state index in [2.05, 4.69) is 4.98 Å². The van der Waals surface area contributed by atoms with Crippen molar-refractivity contribution >= 4 is 22.7 Å². The lowest BCUT2D eigenvalue weighted by Gasteiger charge is -2.05. The van der Waals surface area contributed by atoms with E-state index in [-0.39, 0.29) is 22.1 Å². The van der Waals surface area contributed by atoms with Crippen molar-refractivity contribution in [1.82, 2.24) is 4.98 Å². The van der Waals surface area contributed by atoms with E-state index in [1.54, 1.807) is 0 Å². The summed E-state index contributed by atoms with van der Waals surface area (Å²) in [7, 11) is 0. The van der Waals surface area contributed by atoms with Gasteiger partial charge in [0.2, 0.25) is 0 Å². The number of hydrogen-bond donors (Lipinski definition) is 1. The van der Waals surface area contributed by atoms with Crippen molar-refractivity contribution in [3.63, 3.8) is 0 Å². The van der Waals surface area contributed by atoms with E-state index < -0.39 is 5.51 Å². The third kappa shape index (κ3) is 2.38. The molecule has 0 saturated heterocycles. The maximum Gasteiger partial charge on any atom is 0.446 e. The second-order valence-corrected chi connectivity index (χ2v) is 4.24. The molecule has 0 unspecified atom stereocenters. The van der Waals surface area contributed by atoms with Gasteiger partial charge in [-0.2, -0.15) is 13.2 Å². The Labute approximate surface area is 92.5 Å². The lowest BCUT2D eigenvalue weighted by atomic mass is 10.2. The van der Waals surface area contributed by atoms with Crippen LogP contribution in [0.3, 0.4) is 0 Å². The van der Waals surface area contributed by atoms with E-state index in [1.807, 2.05) is 0 Å². The second-order valence-electron chi connectivity index (χ2n) is 3.10. The Balaban J connectivity index is 2.49. The summed E-state index contributed by atoms with van der Waals surface area (Å²) in [6.45, 7) is 0. The largest absolute Gasteiger partial charge is 0.446 e. The van der Waals surface area contributed by atoms with E-state index in [0.717, 1.165) is 0 Å². The summed E-state index contributed by atoms with van der Waals surface area (Å²) in [5.74, 6) is 0. The van der Waals surface area contributed by atoms with Gasteiger partial charge in [0.1, 0.15) is 0 Å². The van der Waals surface area contributed by atoms with Crippen LogP contribution in [0.4, 0.5) is 13.2 Å². The van der Waals surface area contributed by atoms with E-state index >= 15 is 0 Å². The zero-order chi connectivity index (χ0) is 11.8. The van der Waals surface area contributed by atoms with E-state index in [4.69, 9.17) is 0 Å². The standard InChI is InChI=1S/C10H6F3NOS/c11-10(12,13)16-6-1-2-7-8(5-6)14-4-3-9(7)15/h1-5H,(H,14,15). The van der Waals surface area contributed by atoms with Gasteiger partial charge in [0, 0.05) is 22.5 Å². The molecule has 0 aliphatic heterocycles. The minimum absolute atomic E-state index is 0.0573. The summed E-state index contributed by atoms with van der Waals surface area (Å²) in [6, 6.07) is 5.33. The Kier molecular flexibility index (Phi) is 2.67. The van der Waals surface area contributed by atoms with Crippen LogP contribution >= 0.6 is 11.8 Å². The topological polar surface area (TPSA) is 32.9 Å². The molecule has 0 fully saturated rings. The first-order chi connectivity index (χ1) is 7.46. The zero-order valence-corrected chi connectivity index (χ0v) is 8.65. The first kappa shape index (κ1) is 11.1. The highest BCUT2D eigenvalue weighted by Gasteiger charge is 2.29. The summed E-state index contributed by atoms with van der Waals surface area (Å²) < 4.78 is 36.3. The number of nitrogens with one attached hydrogen (secondary N) is 1. The van der Waals surface area contributed by atoms with E-state index in [1.165, 1.54) is 30.5 Å². The second kappa shape index (κ2) is 3.86. The van der Waals surface area contributed by atoms with Crippen molar-refractivity contribution in [2.45, 2.75) is 10.4 Å². The molecular weight excluding hydrogens is 239 g/mol. The fraction of sp³-hybridized carbons (Fsp3) is 0.100. The SMILES string of the molecule is O=c1cc[nH]c2cc(SC(F)(F)F)ccc12. The average molecular weight is 245 g/mol. The van der Waals surface area contributed by atoms with Gasteiger partial charge in [0.25, 0.3) is 0 Å². The molecule has 1 aromatic carbocycles. The lowest BCUT2D eigenvalue weighted by Crippen LogP contribution is -2.01. The Morgan fingerprint density at radius 2 is 1.94 bits per heavy atom. The van der Waals surface area contributed by atoms with Crippen molar-refractivity contribution in [2.24, 2.45) is 0 Å². The van der Waals surface area contributed by atoms with Gasteiger partial charge in [-0.3, -0.25) is 4.79 Å². The molecule has 2 nitrogen and oxygen atoms in total. The van der Waals surface area contributed by atoms with Gasteiger partial charge >= 0.3 is 5.51 Å². The number of rotatable bonds is 1. The van der Waals surface area contributed by atoms with Gasteiger partial charge in [-0.25, -0.2) is 0 Å². The lowest BCUT2D eigenvalue weighted by molar-refractivity contribution is -0.0328. The van der Waals surface area contributed by atoms with Crippen molar-refractivity contribution in [2.75, 3.05) is 0 Å². The fourth-order valence-electron chi connectivity index (χ4n) is 1.35. The highest BCUT2D eigenvalue weighted by Crippen LogP contribution is 2.37. The molecule has 0 aliphatic carbocycles. The third-order valence-electron chi connectivity index (χ3n) is 1.96. The van der Waals surface area contributed by atoms with Crippen LogP contribution in [0.15, 0.2) is 40.2 Å². The van der Waals surface area contributed by atoms with Crippen LogP contribution in [-0.4, -0.2) is 10.5 Å². The Morgan fingerprint density at radius 1 is 1.19 bits per heavy atom. The fourth-order valence-corrected chi connectivity index (χ4v) is 1.93. The molecule has 2 aromatic rings. The number of hydrogen-bond acceptors (Lipinski definition) is 2. The average Bonchev–Trinajstić information content (AvgIpc) is 2.15. The molecule has 0 atom stereocenters. The molecule has 0 bridgehead atoms. The number of benzene rings is 1. The smallest absolute Gasteiger partial charge is 0.361 e. The quantitative estimate of drug-likeness (QED) is 0.783. The zero-order valence-electron chi connectivity index (χ0n) is 7.84. The number of aromatic amines is 1. The Morgan fingerprint density at radius 3 is 2.62 bits per heavy atom. The molecule has 6 heteroatoms. The molecule has 0 saturated carbocycles. The summed E-state index contributed by atoms with van der Waals surface area (Å²) in [5.41, 5.74) is -4.12. The van der Waals surface area contributed by atoms with Crippen molar-refractivity contribution < 1.29 is 13.2 Å². The molecule has 2 rings (SSSR count). The number of fused-ring (bicyclic) bond motifs is 1. The monoisotopic (exact) mass is 245 g/mol. The van der Waals surface area contributed by atoms with Crippen LogP contribution in [0.25, 0.3) is 10.9 Å². The van der Waals surface area contributed by atoms with Crippen LogP contribution < -0.4 is 5.43 Å². The number of H-pyrrole nitrogens is 1. The molecule has 1 aromatic heterocycles.